The summed E-state index contributed by atoms with van der Waals surface area (Å²) in [6.45, 7) is 10.5. The van der Waals surface area contributed by atoms with Gasteiger partial charge in [0.05, 0.1) is 0 Å². The molecule has 0 rings (SSSR count). The van der Waals surface area contributed by atoms with E-state index in [9.17, 15) is 9.59 Å². The summed E-state index contributed by atoms with van der Waals surface area (Å²) in [5.41, 5.74) is 0. The number of rotatable bonds is 20. The number of hydrogen-bond donors (Lipinski definition) is 1. The zero-order valence-corrected chi connectivity index (χ0v) is 19.9. The maximum Gasteiger partial charge on any atom is 0.226 e. The molecule has 0 unspecified atom stereocenters. The highest BCUT2D eigenvalue weighted by Crippen LogP contribution is 2.11. The quantitative estimate of drug-likeness (QED) is 0.162. The molecule has 0 atom stereocenters. The van der Waals surface area contributed by atoms with Gasteiger partial charge >= 0.3 is 0 Å². The van der Waals surface area contributed by atoms with Crippen molar-refractivity contribution in [2.24, 2.45) is 0 Å². The summed E-state index contributed by atoms with van der Waals surface area (Å²) >= 11 is 0. The predicted molar refractivity (Wildman–Crippen MR) is 128 cm³/mol. The third-order valence-corrected chi connectivity index (χ3v) is 5.29. The average molecular weight is 410 g/mol. The molecular weight excluding hydrogens is 358 g/mol. The first-order valence-corrected chi connectivity index (χ1v) is 12.5. The Bertz CT molecular complexity index is 323. The number of amides is 2. The van der Waals surface area contributed by atoms with Gasteiger partial charge in [-0.1, -0.05) is 117 Å². The zero-order chi connectivity index (χ0) is 22.0. The van der Waals surface area contributed by atoms with E-state index < -0.39 is 0 Å². The predicted octanol–water partition coefficient (Wildman–Crippen LogP) is 8.27. The first-order valence-electron chi connectivity index (χ1n) is 12.5. The largest absolute Gasteiger partial charge is 0.296 e. The van der Waals surface area contributed by atoms with Crippen LogP contribution in [0.15, 0.2) is 13.2 Å². The molecule has 0 radical (unpaired) electrons. The summed E-state index contributed by atoms with van der Waals surface area (Å²) in [7, 11) is 0. The van der Waals surface area contributed by atoms with Crippen molar-refractivity contribution in [1.82, 2.24) is 5.32 Å². The van der Waals surface area contributed by atoms with Gasteiger partial charge in [0.2, 0.25) is 11.8 Å². The molecule has 0 aliphatic carbocycles. The average Bonchev–Trinajstić information content (AvgIpc) is 2.72. The molecule has 0 aliphatic heterocycles. The number of nitrogens with one attached hydrogen (secondary N) is 1. The van der Waals surface area contributed by atoms with Gasteiger partial charge in [0.1, 0.15) is 0 Å². The van der Waals surface area contributed by atoms with Crippen LogP contribution in [0.5, 0.6) is 0 Å². The van der Waals surface area contributed by atoms with Crippen LogP contribution in [0.1, 0.15) is 142 Å². The molecule has 0 heterocycles. The highest BCUT2D eigenvalue weighted by atomic mass is 16.2. The highest BCUT2D eigenvalue weighted by Gasteiger charge is 2.07. The molecule has 0 fully saturated rings. The van der Waals surface area contributed by atoms with E-state index in [4.69, 9.17) is 0 Å². The van der Waals surface area contributed by atoms with E-state index in [1.54, 1.807) is 0 Å². The molecule has 0 spiro atoms. The fourth-order valence-electron chi connectivity index (χ4n) is 3.47. The third-order valence-electron chi connectivity index (χ3n) is 5.29. The normalized spacial score (nSPS) is 10.3. The molecule has 2 amide bonds. The summed E-state index contributed by atoms with van der Waals surface area (Å²) in [6, 6.07) is 0. The topological polar surface area (TPSA) is 46.2 Å². The van der Waals surface area contributed by atoms with Crippen LogP contribution in [0.4, 0.5) is 0 Å². The number of carbonyl (C=O) groups is 2. The Kier molecular flexibility index (Phi) is 27.9. The number of carbonyl (C=O) groups excluding carboxylic acids is 2. The summed E-state index contributed by atoms with van der Waals surface area (Å²) in [5.74, 6) is -0.169. The molecule has 3 nitrogen and oxygen atoms in total. The third kappa shape index (κ3) is 26.9. The molecule has 0 saturated carbocycles. The maximum absolute atomic E-state index is 11.8. The molecule has 0 bridgehead atoms. The van der Waals surface area contributed by atoms with Crippen LogP contribution in [0, 0.1) is 0 Å². The van der Waals surface area contributed by atoms with E-state index in [1.807, 2.05) is 0 Å². The van der Waals surface area contributed by atoms with Gasteiger partial charge in [-0.2, -0.15) is 0 Å². The van der Waals surface area contributed by atoms with Gasteiger partial charge in [0.15, 0.2) is 0 Å². The summed E-state index contributed by atoms with van der Waals surface area (Å²) in [4.78, 5) is 23.6. The molecule has 0 saturated heterocycles. The molecule has 0 aromatic rings. The second-order valence-corrected chi connectivity index (χ2v) is 8.13. The molecule has 0 aromatic heterocycles. The van der Waals surface area contributed by atoms with Gasteiger partial charge in [-0.05, 0) is 12.8 Å². The second kappa shape index (κ2) is 26.9. The molecule has 29 heavy (non-hydrogen) atoms. The summed E-state index contributed by atoms with van der Waals surface area (Å²) < 4.78 is 0. The van der Waals surface area contributed by atoms with Gasteiger partial charge in [-0.3, -0.25) is 14.9 Å². The summed E-state index contributed by atoms with van der Waals surface area (Å²) in [5, 5.41) is 2.55. The molecule has 1 N–H and O–H groups in total. The molecule has 3 heteroatoms. The highest BCUT2D eigenvalue weighted by molar-refractivity contribution is 5.95. The monoisotopic (exact) mass is 409 g/mol. The maximum atomic E-state index is 11.8. The van der Waals surface area contributed by atoms with Crippen molar-refractivity contribution in [3.63, 3.8) is 0 Å². The van der Waals surface area contributed by atoms with Crippen molar-refractivity contribution in [3.8, 4) is 0 Å². The van der Waals surface area contributed by atoms with Crippen LogP contribution in [0.25, 0.3) is 0 Å². The van der Waals surface area contributed by atoms with Crippen molar-refractivity contribution < 1.29 is 9.59 Å². The minimum Gasteiger partial charge on any atom is -0.296 e. The second-order valence-electron chi connectivity index (χ2n) is 8.13. The Morgan fingerprint density at radius 1 is 0.483 bits per heavy atom. The van der Waals surface area contributed by atoms with Gasteiger partial charge < -0.3 is 0 Å². The summed E-state index contributed by atoms with van der Waals surface area (Å²) in [6.07, 6.45) is 23.4. The lowest BCUT2D eigenvalue weighted by atomic mass is 10.1. The van der Waals surface area contributed by atoms with E-state index in [0.29, 0.717) is 12.8 Å². The fraction of sp³-hybridized carbons (Fsp3) is 0.846. The van der Waals surface area contributed by atoms with Crippen molar-refractivity contribution in [1.29, 1.82) is 0 Å². The smallest absolute Gasteiger partial charge is 0.226 e. The Morgan fingerprint density at radius 3 is 1.00 bits per heavy atom. The lowest BCUT2D eigenvalue weighted by molar-refractivity contribution is -0.130. The van der Waals surface area contributed by atoms with Crippen molar-refractivity contribution in [2.45, 2.75) is 142 Å². The van der Waals surface area contributed by atoms with Gasteiger partial charge in [-0.25, -0.2) is 0 Å². The van der Waals surface area contributed by atoms with Crippen LogP contribution in [-0.4, -0.2) is 11.8 Å². The van der Waals surface area contributed by atoms with Crippen molar-refractivity contribution in [3.05, 3.63) is 13.2 Å². The van der Waals surface area contributed by atoms with Gasteiger partial charge in [-0.15, -0.1) is 13.2 Å². The SMILES string of the molecule is C=C.CCCCCCCCCCCC(=O)NC(=O)CCCCCCCCCCC. The Morgan fingerprint density at radius 2 is 0.724 bits per heavy atom. The lowest BCUT2D eigenvalue weighted by Crippen LogP contribution is -2.29. The Hall–Kier alpha value is -1.12. The number of unbranched alkanes of at least 4 members (excludes halogenated alkanes) is 16. The zero-order valence-electron chi connectivity index (χ0n) is 19.9. The van der Waals surface area contributed by atoms with Crippen LogP contribution < -0.4 is 5.32 Å². The first-order chi connectivity index (χ1) is 14.2. The van der Waals surface area contributed by atoms with Gasteiger partial charge in [0.25, 0.3) is 0 Å². The van der Waals surface area contributed by atoms with Crippen LogP contribution >= 0.6 is 0 Å². The van der Waals surface area contributed by atoms with Crippen LogP contribution in [-0.2, 0) is 9.59 Å². The number of hydrogen-bond acceptors (Lipinski definition) is 2. The molecule has 0 aliphatic rings. The van der Waals surface area contributed by atoms with Crippen LogP contribution in [0.3, 0.4) is 0 Å². The lowest BCUT2D eigenvalue weighted by Gasteiger charge is -2.05. The minimum absolute atomic E-state index is 0.0844. The van der Waals surface area contributed by atoms with Gasteiger partial charge in [0, 0.05) is 12.8 Å². The van der Waals surface area contributed by atoms with E-state index in [1.165, 1.54) is 89.9 Å². The van der Waals surface area contributed by atoms with Crippen molar-refractivity contribution in [2.75, 3.05) is 0 Å². The van der Waals surface area contributed by atoms with E-state index in [0.717, 1.165) is 25.7 Å². The van der Waals surface area contributed by atoms with E-state index in [2.05, 4.69) is 32.3 Å². The molecular formula is C26H51NO2. The number of imide groups is 1. The van der Waals surface area contributed by atoms with E-state index >= 15 is 0 Å². The fourth-order valence-corrected chi connectivity index (χ4v) is 3.47. The standard InChI is InChI=1S/C24H47NO2.C2H4/c1-3-5-7-9-11-13-15-17-19-21-23(26)25-24(27)22-20-18-16-14-12-10-8-6-4-2;1-2/h3-22H2,1-2H3,(H,25,26,27);1-2H2. The molecule has 0 aromatic carbocycles. The van der Waals surface area contributed by atoms with Crippen LogP contribution in [0.2, 0.25) is 0 Å². The minimum atomic E-state index is -0.0844. The van der Waals surface area contributed by atoms with Crippen molar-refractivity contribution >= 4 is 11.8 Å². The Labute approximate surface area is 182 Å². The van der Waals surface area contributed by atoms with E-state index in [-0.39, 0.29) is 11.8 Å². The first kappa shape index (κ1) is 30.1. The Balaban J connectivity index is 0. The molecule has 172 valence electrons.